The highest BCUT2D eigenvalue weighted by molar-refractivity contribution is 9.10. The lowest BCUT2D eigenvalue weighted by atomic mass is 9.47. The summed E-state index contributed by atoms with van der Waals surface area (Å²) in [5, 5.41) is 0. The standard InChI is InChI=1S/C31H37BrO3/c1-18-14-23-24(29(5)12-10-21(16-25(18)29)20-8-7-9-22(32)15-20)11-13-30(6)26(23)17-27-31(30,19(2)33)35-28(3,4)34-27/h7-10,14-16,23-24,26-27H,11-13,17H2,1-6H3/t23-,24+,26+,27+,29-,30+,31-/m1/s1. The zero-order chi connectivity index (χ0) is 25.0. The molecule has 0 N–H and O–H groups in total. The lowest BCUT2D eigenvalue weighted by Crippen LogP contribution is -2.59. The van der Waals surface area contributed by atoms with Crippen molar-refractivity contribution in [2.75, 3.05) is 0 Å². The summed E-state index contributed by atoms with van der Waals surface area (Å²) < 4.78 is 14.1. The Bertz CT molecular complexity index is 1210. The van der Waals surface area contributed by atoms with Crippen LogP contribution in [0.4, 0.5) is 0 Å². The molecule has 5 aliphatic rings. The average Bonchev–Trinajstić information content (AvgIpc) is 3.20. The number of carbonyl (C=O) groups is 1. The molecule has 7 atom stereocenters. The number of Topliss-reactive ketones (excluding diaryl/α,β-unsaturated/α-hetero) is 1. The number of rotatable bonds is 2. The number of allylic oxidation sites excluding steroid dienone is 6. The molecule has 4 aliphatic carbocycles. The Morgan fingerprint density at radius 1 is 1.14 bits per heavy atom. The van der Waals surface area contributed by atoms with Gasteiger partial charge in [-0.05, 0) is 105 Å². The number of ketones is 1. The summed E-state index contributed by atoms with van der Waals surface area (Å²) >= 11 is 3.63. The van der Waals surface area contributed by atoms with E-state index in [2.05, 4.69) is 79.2 Å². The van der Waals surface area contributed by atoms with Crippen LogP contribution in [0.25, 0.3) is 5.57 Å². The minimum Gasteiger partial charge on any atom is -0.344 e. The van der Waals surface area contributed by atoms with Crippen LogP contribution in [0.2, 0.25) is 0 Å². The molecule has 0 spiro atoms. The summed E-state index contributed by atoms with van der Waals surface area (Å²) in [4.78, 5) is 13.3. The van der Waals surface area contributed by atoms with E-state index in [1.165, 1.54) is 22.3 Å². The van der Waals surface area contributed by atoms with Gasteiger partial charge in [0.2, 0.25) is 0 Å². The highest BCUT2D eigenvalue weighted by Crippen LogP contribution is 2.70. The van der Waals surface area contributed by atoms with Crippen molar-refractivity contribution < 1.29 is 14.3 Å². The maximum absolute atomic E-state index is 13.3. The molecular formula is C31H37BrO3. The molecule has 1 aromatic rings. The fourth-order valence-electron chi connectivity index (χ4n) is 8.90. The van der Waals surface area contributed by atoms with Crippen molar-refractivity contribution in [3.63, 3.8) is 0 Å². The average molecular weight is 538 g/mol. The highest BCUT2D eigenvalue weighted by Gasteiger charge is 2.74. The molecule has 0 unspecified atom stereocenters. The van der Waals surface area contributed by atoms with Gasteiger partial charge in [0.15, 0.2) is 17.2 Å². The predicted octanol–water partition coefficient (Wildman–Crippen LogP) is 7.66. The summed E-state index contributed by atoms with van der Waals surface area (Å²) in [6.45, 7) is 12.7. The number of hydrogen-bond acceptors (Lipinski definition) is 3. The van der Waals surface area contributed by atoms with Crippen LogP contribution < -0.4 is 0 Å². The van der Waals surface area contributed by atoms with Gasteiger partial charge in [0.05, 0.1) is 6.10 Å². The number of ether oxygens (including phenoxy) is 2. The van der Waals surface area contributed by atoms with Crippen molar-refractivity contribution in [2.45, 2.75) is 84.7 Å². The number of halogens is 1. The van der Waals surface area contributed by atoms with Gasteiger partial charge >= 0.3 is 0 Å². The Kier molecular flexibility index (Phi) is 5.13. The molecular weight excluding hydrogens is 500 g/mol. The molecule has 3 nitrogen and oxygen atoms in total. The van der Waals surface area contributed by atoms with E-state index in [-0.39, 0.29) is 22.7 Å². The van der Waals surface area contributed by atoms with Gasteiger partial charge in [0.25, 0.3) is 0 Å². The monoisotopic (exact) mass is 536 g/mol. The SMILES string of the molecule is CC(=O)[C@@]12OC(C)(C)O[C@H]1C[C@H]1[C@@H]3C=C(C)C4=CC(c5cccc(Br)c5)=CC[C@]4(C)[C@H]3CC[C@@]12C. The molecule has 1 aromatic carbocycles. The number of carbonyl (C=O) groups excluding carboxylic acids is 1. The van der Waals surface area contributed by atoms with Crippen molar-refractivity contribution >= 4 is 27.3 Å². The number of benzene rings is 1. The molecule has 2 saturated carbocycles. The number of hydrogen-bond donors (Lipinski definition) is 0. The Balaban J connectivity index is 1.40. The van der Waals surface area contributed by atoms with Crippen LogP contribution in [-0.2, 0) is 14.3 Å². The molecule has 1 heterocycles. The normalized spacial score (nSPS) is 43.2. The summed E-state index contributed by atoms with van der Waals surface area (Å²) in [6.07, 6.45) is 11.4. The Hall–Kier alpha value is -1.49. The third-order valence-corrected chi connectivity index (χ3v) is 10.8. The predicted molar refractivity (Wildman–Crippen MR) is 143 cm³/mol. The topological polar surface area (TPSA) is 35.5 Å². The van der Waals surface area contributed by atoms with Crippen molar-refractivity contribution in [1.82, 2.24) is 0 Å². The molecule has 4 heteroatoms. The van der Waals surface area contributed by atoms with Gasteiger partial charge < -0.3 is 9.47 Å². The molecule has 35 heavy (non-hydrogen) atoms. The molecule has 0 bridgehead atoms. The van der Waals surface area contributed by atoms with Crippen molar-refractivity contribution in [2.24, 2.45) is 28.6 Å². The lowest BCUT2D eigenvalue weighted by molar-refractivity contribution is -0.210. The van der Waals surface area contributed by atoms with Crippen LogP contribution in [0.3, 0.4) is 0 Å². The van der Waals surface area contributed by atoms with Gasteiger partial charge in [0.1, 0.15) is 0 Å². The fraction of sp³-hybridized carbons (Fsp3) is 0.581. The fourth-order valence-corrected chi connectivity index (χ4v) is 9.30. The van der Waals surface area contributed by atoms with Crippen molar-refractivity contribution in [3.8, 4) is 0 Å². The summed E-state index contributed by atoms with van der Waals surface area (Å²) in [7, 11) is 0. The zero-order valence-corrected chi connectivity index (χ0v) is 23.4. The van der Waals surface area contributed by atoms with E-state index >= 15 is 0 Å². The molecule has 6 rings (SSSR count). The summed E-state index contributed by atoms with van der Waals surface area (Å²) in [6, 6.07) is 8.61. The maximum atomic E-state index is 13.3. The van der Waals surface area contributed by atoms with Gasteiger partial charge in [-0.15, -0.1) is 0 Å². The van der Waals surface area contributed by atoms with E-state index in [9.17, 15) is 4.79 Å². The van der Waals surface area contributed by atoms with E-state index in [1.807, 2.05) is 13.8 Å². The van der Waals surface area contributed by atoms with Gasteiger partial charge in [-0.3, -0.25) is 4.79 Å². The van der Waals surface area contributed by atoms with E-state index in [0.29, 0.717) is 17.8 Å². The Morgan fingerprint density at radius 2 is 1.91 bits per heavy atom. The van der Waals surface area contributed by atoms with Crippen LogP contribution in [-0.4, -0.2) is 23.3 Å². The van der Waals surface area contributed by atoms with Crippen LogP contribution in [0.5, 0.6) is 0 Å². The molecule has 1 saturated heterocycles. The van der Waals surface area contributed by atoms with Gasteiger partial charge in [0, 0.05) is 9.89 Å². The largest absolute Gasteiger partial charge is 0.344 e. The Labute approximate surface area is 218 Å². The first-order chi connectivity index (χ1) is 16.4. The van der Waals surface area contributed by atoms with E-state index in [1.54, 1.807) is 6.92 Å². The van der Waals surface area contributed by atoms with Crippen molar-refractivity contribution in [1.29, 1.82) is 0 Å². The summed E-state index contributed by atoms with van der Waals surface area (Å²) in [5.41, 5.74) is 4.55. The third kappa shape index (κ3) is 3.12. The first-order valence-electron chi connectivity index (χ1n) is 13.2. The molecule has 186 valence electrons. The van der Waals surface area contributed by atoms with E-state index in [4.69, 9.17) is 9.47 Å². The molecule has 0 amide bonds. The minimum absolute atomic E-state index is 0.114. The third-order valence-electron chi connectivity index (χ3n) is 10.4. The van der Waals surface area contributed by atoms with Gasteiger partial charge in [-0.2, -0.15) is 0 Å². The second-order valence-electron chi connectivity index (χ2n) is 12.6. The van der Waals surface area contributed by atoms with E-state index in [0.717, 1.165) is 30.2 Å². The smallest absolute Gasteiger partial charge is 0.164 e. The van der Waals surface area contributed by atoms with Crippen molar-refractivity contribution in [3.05, 3.63) is 63.7 Å². The molecule has 0 radical (unpaired) electrons. The second-order valence-corrected chi connectivity index (χ2v) is 13.5. The molecule has 3 fully saturated rings. The van der Waals surface area contributed by atoms with Crippen LogP contribution >= 0.6 is 15.9 Å². The second kappa shape index (κ2) is 7.52. The van der Waals surface area contributed by atoms with Crippen LogP contribution in [0.15, 0.2) is 58.1 Å². The van der Waals surface area contributed by atoms with Crippen LogP contribution in [0.1, 0.15) is 72.8 Å². The first kappa shape index (κ1) is 23.9. The maximum Gasteiger partial charge on any atom is 0.164 e. The van der Waals surface area contributed by atoms with E-state index < -0.39 is 11.4 Å². The number of fused-ring (bicyclic) bond motifs is 7. The first-order valence-corrected chi connectivity index (χ1v) is 14.0. The quantitative estimate of drug-likeness (QED) is 0.389. The van der Waals surface area contributed by atoms with Gasteiger partial charge in [-0.1, -0.05) is 65.7 Å². The molecule has 1 aliphatic heterocycles. The Morgan fingerprint density at radius 3 is 2.63 bits per heavy atom. The van der Waals surface area contributed by atoms with Gasteiger partial charge in [-0.25, -0.2) is 0 Å². The highest BCUT2D eigenvalue weighted by atomic mass is 79.9. The van der Waals surface area contributed by atoms with Crippen LogP contribution in [0, 0.1) is 28.6 Å². The zero-order valence-electron chi connectivity index (χ0n) is 21.8. The minimum atomic E-state index is -0.828. The lowest BCUT2D eigenvalue weighted by Gasteiger charge is -2.58. The summed E-state index contributed by atoms with van der Waals surface area (Å²) in [5.74, 6) is 0.813. The molecule has 0 aromatic heterocycles.